The molecule has 0 atom stereocenters. The van der Waals surface area contributed by atoms with Gasteiger partial charge >= 0.3 is 21.1 Å². The van der Waals surface area contributed by atoms with Gasteiger partial charge in [0.15, 0.2) is 0 Å². The zero-order chi connectivity index (χ0) is 40.8. The van der Waals surface area contributed by atoms with Crippen LogP contribution in [0.4, 0.5) is 0 Å². The molecule has 2 aromatic heterocycles. The average Bonchev–Trinajstić information content (AvgIpc) is 4.03. The van der Waals surface area contributed by atoms with Gasteiger partial charge in [-0.05, 0) is 66.5 Å². The molecule has 63 heavy (non-hydrogen) atoms. The molecule has 2 spiro atoms. The molecule has 0 N–H and O–H groups in total. The maximum atomic E-state index is 4.87. The van der Waals surface area contributed by atoms with Crippen molar-refractivity contribution in [3.05, 3.63) is 231 Å². The minimum atomic E-state index is -2.41. The quantitative estimate of drug-likeness (QED) is 0.131. The van der Waals surface area contributed by atoms with E-state index in [9.17, 15) is 0 Å². The second kappa shape index (κ2) is 14.6. The zero-order valence-corrected chi connectivity index (χ0v) is 38.3. The number of benzene rings is 8. The van der Waals surface area contributed by atoms with Crippen LogP contribution in [0, 0.1) is 12.1 Å². The van der Waals surface area contributed by atoms with Crippen LogP contribution in [0.2, 0.25) is 0 Å². The van der Waals surface area contributed by atoms with Gasteiger partial charge in [-0.25, -0.2) is 0 Å². The van der Waals surface area contributed by atoms with Crippen molar-refractivity contribution in [1.82, 2.24) is 9.97 Å². The van der Waals surface area contributed by atoms with E-state index in [-0.39, 0.29) is 21.1 Å². The summed E-state index contributed by atoms with van der Waals surface area (Å²) in [7, 11) is -4.82. The molecular weight excluding hydrogens is 976 g/mol. The van der Waals surface area contributed by atoms with Gasteiger partial charge in [0.1, 0.15) is 16.1 Å². The largest absolute Gasteiger partial charge is 2.00 e. The number of hydrogen-bond acceptors (Lipinski definition) is 2. The van der Waals surface area contributed by atoms with Crippen molar-refractivity contribution in [3.8, 4) is 67.0 Å². The molecule has 10 aromatic rings. The smallest absolute Gasteiger partial charge is 0.305 e. The molecule has 5 heteroatoms. The predicted octanol–water partition coefficient (Wildman–Crippen LogP) is 7.77. The molecule has 2 nitrogen and oxygen atoms in total. The molecule has 0 saturated carbocycles. The second-order valence-corrected chi connectivity index (χ2v) is 23.9. The third-order valence-electron chi connectivity index (χ3n) is 13.7. The van der Waals surface area contributed by atoms with Gasteiger partial charge in [0.2, 0.25) is 0 Å². The van der Waals surface area contributed by atoms with Crippen molar-refractivity contribution in [3.63, 3.8) is 0 Å². The van der Waals surface area contributed by atoms with E-state index < -0.39 is 16.1 Å². The maximum Gasteiger partial charge on any atom is 2.00 e. The third kappa shape index (κ3) is 5.20. The molecule has 8 aromatic carbocycles. The van der Waals surface area contributed by atoms with E-state index in [1.54, 1.807) is 0 Å². The molecule has 0 unspecified atom stereocenters. The Kier molecular flexibility index (Phi) is 8.81. The summed E-state index contributed by atoms with van der Waals surface area (Å²) in [6.07, 6.45) is 3.84. The van der Waals surface area contributed by atoms with Crippen molar-refractivity contribution in [2.75, 3.05) is 0 Å². The Hall–Kier alpha value is -6.82. The standard InChI is InChI=1S/2C29H18NSi.Pt/c2*1-2-9-20(10-3-1)21-16-17-24-28(19-21)31(27-15-8-18-30-29(24)27)25-13-6-4-11-22(25)23-12-5-7-14-26(23)31;/h2*1-16,18-19H;/q2*-1;+2. The molecule has 296 valence electrons. The van der Waals surface area contributed by atoms with Gasteiger partial charge in [0.25, 0.3) is 0 Å². The van der Waals surface area contributed by atoms with Crippen molar-refractivity contribution in [2.45, 2.75) is 0 Å². The van der Waals surface area contributed by atoms with Gasteiger partial charge < -0.3 is 9.97 Å². The Morgan fingerprint density at radius 3 is 0.984 bits per heavy atom. The molecule has 0 bridgehead atoms. The van der Waals surface area contributed by atoms with Crippen LogP contribution >= 0.6 is 0 Å². The van der Waals surface area contributed by atoms with Crippen LogP contribution in [0.1, 0.15) is 0 Å². The van der Waals surface area contributed by atoms with Crippen molar-refractivity contribution >= 4 is 57.6 Å². The Morgan fingerprint density at radius 1 is 0.302 bits per heavy atom. The summed E-state index contributed by atoms with van der Waals surface area (Å²) in [6.45, 7) is 0. The van der Waals surface area contributed by atoms with Crippen LogP contribution in [-0.4, -0.2) is 26.1 Å². The molecule has 4 aliphatic heterocycles. The molecule has 0 saturated heterocycles. The summed E-state index contributed by atoms with van der Waals surface area (Å²) in [4.78, 5) is 9.74. The summed E-state index contributed by atoms with van der Waals surface area (Å²) >= 11 is 0. The van der Waals surface area contributed by atoms with Gasteiger partial charge in [-0.2, -0.15) is 0 Å². The molecule has 0 radical (unpaired) electrons. The Balaban J connectivity index is 0.000000132. The van der Waals surface area contributed by atoms with E-state index in [1.807, 2.05) is 12.4 Å². The van der Waals surface area contributed by atoms with E-state index in [4.69, 9.17) is 9.97 Å². The van der Waals surface area contributed by atoms with Gasteiger partial charge in [-0.3, -0.25) is 0 Å². The Bertz CT molecular complexity index is 3080. The first-order valence-electron chi connectivity index (χ1n) is 21.3. The SMILES string of the molecule is [Pt+2].[c-]1cc(-c2ccccc2)cc2c1-c1ncccc1[Si]21c2ccccc2-c2ccccc21.[c-]1cc(-c2ccccc2)cc2c1-c1ncccc1[Si]21c2ccccc2-c2ccccc21. The molecule has 6 heterocycles. The zero-order valence-electron chi connectivity index (χ0n) is 34.0. The molecular formula is C58H36N2PtSi2. The average molecular weight is 1010 g/mol. The Morgan fingerprint density at radius 2 is 0.619 bits per heavy atom. The van der Waals surface area contributed by atoms with E-state index in [0.717, 1.165) is 11.4 Å². The van der Waals surface area contributed by atoms with Crippen LogP contribution in [0.15, 0.2) is 219 Å². The minimum Gasteiger partial charge on any atom is -0.305 e. The number of pyridine rings is 2. The summed E-state index contributed by atoms with van der Waals surface area (Å²) in [6, 6.07) is 82.5. The van der Waals surface area contributed by atoms with Crippen LogP contribution in [-0.2, 0) is 21.1 Å². The first kappa shape index (κ1) is 37.9. The number of fused-ring (bicyclic) bond motifs is 20. The second-order valence-electron chi connectivity index (χ2n) is 16.6. The molecule has 0 amide bonds. The van der Waals surface area contributed by atoms with E-state index in [0.29, 0.717) is 0 Å². The third-order valence-corrected chi connectivity index (χ3v) is 23.5. The van der Waals surface area contributed by atoms with Crippen molar-refractivity contribution < 1.29 is 21.1 Å². The van der Waals surface area contributed by atoms with Gasteiger partial charge in [0.05, 0.1) is 0 Å². The maximum absolute atomic E-state index is 4.87. The van der Waals surface area contributed by atoms with Crippen LogP contribution in [0.5, 0.6) is 0 Å². The normalized spacial score (nSPS) is 13.8. The minimum absolute atomic E-state index is 0. The van der Waals surface area contributed by atoms with E-state index >= 15 is 0 Å². The number of nitrogens with zero attached hydrogens (tertiary/aromatic N) is 2. The van der Waals surface area contributed by atoms with Crippen LogP contribution in [0.25, 0.3) is 67.0 Å². The van der Waals surface area contributed by atoms with Gasteiger partial charge in [-0.15, -0.1) is 57.9 Å². The van der Waals surface area contributed by atoms with Crippen molar-refractivity contribution in [2.24, 2.45) is 0 Å². The number of aromatic nitrogens is 2. The summed E-state index contributed by atoms with van der Waals surface area (Å²) in [5.41, 5.74) is 15.0. The fourth-order valence-electron chi connectivity index (χ4n) is 11.3. The molecule has 0 aliphatic carbocycles. The van der Waals surface area contributed by atoms with E-state index in [2.05, 4.69) is 218 Å². The van der Waals surface area contributed by atoms with Crippen LogP contribution < -0.4 is 41.5 Å². The van der Waals surface area contributed by atoms with Crippen LogP contribution in [0.3, 0.4) is 0 Å². The van der Waals surface area contributed by atoms with Gasteiger partial charge in [0, 0.05) is 12.4 Å². The fraction of sp³-hybridized carbons (Fsp3) is 0. The summed E-state index contributed by atoms with van der Waals surface area (Å²) < 4.78 is 0. The topological polar surface area (TPSA) is 25.8 Å². The molecule has 14 rings (SSSR count). The number of rotatable bonds is 2. The first-order valence-corrected chi connectivity index (χ1v) is 25.3. The molecule has 4 aliphatic rings. The number of hydrogen-bond donors (Lipinski definition) is 0. The van der Waals surface area contributed by atoms with Crippen molar-refractivity contribution in [1.29, 1.82) is 0 Å². The Labute approximate surface area is 384 Å². The van der Waals surface area contributed by atoms with Gasteiger partial charge in [-0.1, -0.05) is 202 Å². The first-order chi connectivity index (χ1) is 30.8. The fourth-order valence-corrected chi connectivity index (χ4v) is 22.3. The predicted molar refractivity (Wildman–Crippen MR) is 260 cm³/mol. The van der Waals surface area contributed by atoms with E-state index in [1.165, 1.54) is 97.1 Å². The summed E-state index contributed by atoms with van der Waals surface area (Å²) in [5, 5.41) is 11.5. The molecule has 0 fully saturated rings. The summed E-state index contributed by atoms with van der Waals surface area (Å²) in [5.74, 6) is 0. The monoisotopic (exact) mass is 1010 g/mol.